The van der Waals surface area contributed by atoms with Crippen LogP contribution in [0.2, 0.25) is 0 Å². The number of imidazole rings is 1. The number of alkyl halides is 3. The van der Waals surface area contributed by atoms with E-state index in [-0.39, 0.29) is 17.9 Å². The molecule has 12 heteroatoms. The molecule has 0 amide bonds. The number of aliphatic hydroxyl groups is 1. The minimum atomic E-state index is -4.60. The number of anilines is 2. The van der Waals surface area contributed by atoms with Gasteiger partial charge >= 0.3 is 6.18 Å². The largest absolute Gasteiger partial charge is 0.435 e. The molecular weight excluding hydrogens is 485 g/mol. The first-order chi connectivity index (χ1) is 17.6. The maximum Gasteiger partial charge on any atom is 0.435 e. The minimum Gasteiger partial charge on any atom is -0.389 e. The van der Waals surface area contributed by atoms with E-state index in [1.54, 1.807) is 30.0 Å². The zero-order chi connectivity index (χ0) is 26.3. The molecule has 37 heavy (non-hydrogen) atoms. The molecule has 1 atom stereocenters. The van der Waals surface area contributed by atoms with Crippen LogP contribution in [-0.4, -0.2) is 39.6 Å². The van der Waals surface area contributed by atoms with Crippen LogP contribution in [0.5, 0.6) is 0 Å². The van der Waals surface area contributed by atoms with E-state index in [2.05, 4.69) is 30.6 Å². The summed E-state index contributed by atoms with van der Waals surface area (Å²) in [6, 6.07) is 13.5. The fourth-order valence-corrected chi connectivity index (χ4v) is 4.01. The standard InChI is InChI=1S/C25H23F3N8O/c1-4-36-20(12-21(34-36)25(26,27)28)24-17(15(3)37)7-10-23(31-24)35-13-29-18-11-16(6-8-19(18)35)30-22-9-5-14(2)32-33-22/h5-13,15,37H,4H2,1-3H3,(H,30,33). The number of rotatable bonds is 6. The summed E-state index contributed by atoms with van der Waals surface area (Å²) in [6.07, 6.45) is -3.97. The maximum absolute atomic E-state index is 13.4. The molecule has 0 saturated heterocycles. The zero-order valence-corrected chi connectivity index (χ0v) is 20.2. The summed E-state index contributed by atoms with van der Waals surface area (Å²) in [4.78, 5) is 9.13. The average molecular weight is 509 g/mol. The van der Waals surface area contributed by atoms with E-state index in [4.69, 9.17) is 0 Å². The van der Waals surface area contributed by atoms with E-state index < -0.39 is 18.0 Å². The van der Waals surface area contributed by atoms with Gasteiger partial charge in [-0.05, 0) is 63.2 Å². The van der Waals surface area contributed by atoms with Gasteiger partial charge < -0.3 is 10.4 Å². The fourth-order valence-electron chi connectivity index (χ4n) is 4.01. The van der Waals surface area contributed by atoms with E-state index >= 15 is 0 Å². The Kier molecular flexibility index (Phi) is 6.12. The van der Waals surface area contributed by atoms with Gasteiger partial charge in [-0.25, -0.2) is 9.97 Å². The van der Waals surface area contributed by atoms with Crippen molar-refractivity contribution in [2.75, 3.05) is 5.32 Å². The van der Waals surface area contributed by atoms with Crippen LogP contribution >= 0.6 is 0 Å². The van der Waals surface area contributed by atoms with Crippen molar-refractivity contribution in [2.45, 2.75) is 39.6 Å². The molecule has 0 aliphatic rings. The normalized spacial score (nSPS) is 12.7. The number of halogens is 3. The Morgan fingerprint density at radius 1 is 1.05 bits per heavy atom. The Morgan fingerprint density at radius 2 is 1.86 bits per heavy atom. The van der Waals surface area contributed by atoms with Crippen LogP contribution in [0.1, 0.15) is 36.9 Å². The third-order valence-corrected chi connectivity index (χ3v) is 5.84. The van der Waals surface area contributed by atoms with Crippen LogP contribution in [0.15, 0.2) is 54.9 Å². The van der Waals surface area contributed by atoms with Gasteiger partial charge in [0.2, 0.25) is 0 Å². The van der Waals surface area contributed by atoms with Crippen LogP contribution in [0.25, 0.3) is 28.2 Å². The number of aryl methyl sites for hydroxylation is 2. The van der Waals surface area contributed by atoms with Crippen molar-refractivity contribution in [2.24, 2.45) is 0 Å². The molecular formula is C25H23F3N8O. The average Bonchev–Trinajstić information content (AvgIpc) is 3.49. The number of hydrogen-bond donors (Lipinski definition) is 2. The lowest BCUT2D eigenvalue weighted by atomic mass is 10.1. The topological polar surface area (TPSA) is 107 Å². The molecule has 190 valence electrons. The van der Waals surface area contributed by atoms with Crippen LogP contribution < -0.4 is 5.32 Å². The van der Waals surface area contributed by atoms with Gasteiger partial charge in [0, 0.05) is 17.8 Å². The second kappa shape index (κ2) is 9.28. The Morgan fingerprint density at radius 3 is 2.54 bits per heavy atom. The molecule has 0 bridgehead atoms. The lowest BCUT2D eigenvalue weighted by Gasteiger charge is -2.14. The molecule has 5 aromatic rings. The molecule has 9 nitrogen and oxygen atoms in total. The Labute approximate surface area is 209 Å². The molecule has 1 unspecified atom stereocenters. The first-order valence-electron chi connectivity index (χ1n) is 11.5. The maximum atomic E-state index is 13.4. The van der Waals surface area contributed by atoms with Gasteiger partial charge in [-0.2, -0.15) is 23.4 Å². The predicted octanol–water partition coefficient (Wildman–Crippen LogP) is 5.22. The number of benzene rings is 1. The van der Waals surface area contributed by atoms with Gasteiger partial charge in [0.15, 0.2) is 11.5 Å². The third kappa shape index (κ3) is 4.75. The number of nitrogens with one attached hydrogen (secondary N) is 1. The lowest BCUT2D eigenvalue weighted by Crippen LogP contribution is -2.08. The molecule has 0 aliphatic carbocycles. The lowest BCUT2D eigenvalue weighted by molar-refractivity contribution is -0.141. The summed E-state index contributed by atoms with van der Waals surface area (Å²) in [5.41, 5.74) is 2.75. The van der Waals surface area contributed by atoms with Gasteiger partial charge in [-0.15, -0.1) is 5.10 Å². The Hall–Kier alpha value is -4.32. The van der Waals surface area contributed by atoms with Crippen LogP contribution in [0.3, 0.4) is 0 Å². The highest BCUT2D eigenvalue weighted by atomic mass is 19.4. The summed E-state index contributed by atoms with van der Waals surface area (Å²) in [7, 11) is 0. The van der Waals surface area contributed by atoms with Crippen LogP contribution in [0, 0.1) is 6.92 Å². The first kappa shape index (κ1) is 24.4. The SMILES string of the molecule is CCn1nc(C(F)(F)F)cc1-c1nc(-n2cnc3cc(Nc4ccc(C)nn4)ccc32)ccc1C(C)O. The van der Waals surface area contributed by atoms with Crippen LogP contribution in [0.4, 0.5) is 24.7 Å². The molecule has 0 fully saturated rings. The Bertz CT molecular complexity index is 1570. The highest BCUT2D eigenvalue weighted by molar-refractivity contribution is 5.82. The van der Waals surface area contributed by atoms with Crippen molar-refractivity contribution in [1.29, 1.82) is 0 Å². The minimum absolute atomic E-state index is 0.169. The molecule has 0 radical (unpaired) electrons. The third-order valence-electron chi connectivity index (χ3n) is 5.84. The van der Waals surface area contributed by atoms with Gasteiger partial charge in [-0.1, -0.05) is 6.07 Å². The van der Waals surface area contributed by atoms with Crippen molar-refractivity contribution in [1.82, 2.24) is 34.5 Å². The molecule has 0 spiro atoms. The highest BCUT2D eigenvalue weighted by Crippen LogP contribution is 2.34. The number of hydrogen-bond acceptors (Lipinski definition) is 7. The van der Waals surface area contributed by atoms with Crippen molar-refractivity contribution in [3.63, 3.8) is 0 Å². The van der Waals surface area contributed by atoms with E-state index in [0.717, 1.165) is 23.0 Å². The first-order valence-corrected chi connectivity index (χ1v) is 11.5. The number of nitrogens with zero attached hydrogens (tertiary/aromatic N) is 7. The van der Waals surface area contributed by atoms with Crippen molar-refractivity contribution >= 4 is 22.5 Å². The monoisotopic (exact) mass is 508 g/mol. The fraction of sp³-hybridized carbons (Fsp3) is 0.240. The second-order valence-electron chi connectivity index (χ2n) is 8.51. The summed E-state index contributed by atoms with van der Waals surface area (Å²) in [6.45, 7) is 5.29. The van der Waals surface area contributed by atoms with Crippen molar-refractivity contribution in [3.8, 4) is 17.2 Å². The molecule has 4 aromatic heterocycles. The van der Waals surface area contributed by atoms with E-state index in [9.17, 15) is 18.3 Å². The smallest absolute Gasteiger partial charge is 0.389 e. The molecule has 0 saturated carbocycles. The van der Waals surface area contributed by atoms with Gasteiger partial charge in [-0.3, -0.25) is 9.25 Å². The van der Waals surface area contributed by atoms with Gasteiger partial charge in [0.05, 0.1) is 34.2 Å². The van der Waals surface area contributed by atoms with Crippen molar-refractivity contribution in [3.05, 3.63) is 71.8 Å². The van der Waals surface area contributed by atoms with E-state index in [1.165, 1.54) is 11.6 Å². The summed E-state index contributed by atoms with van der Waals surface area (Å²) in [5, 5.41) is 25.4. The second-order valence-corrected chi connectivity index (χ2v) is 8.51. The quantitative estimate of drug-likeness (QED) is 0.324. The van der Waals surface area contributed by atoms with Gasteiger partial charge in [0.25, 0.3) is 0 Å². The van der Waals surface area contributed by atoms with E-state index in [0.29, 0.717) is 22.7 Å². The number of fused-ring (bicyclic) bond motifs is 1. The summed E-state index contributed by atoms with van der Waals surface area (Å²) < 4.78 is 43.1. The molecule has 4 heterocycles. The number of pyridine rings is 1. The summed E-state index contributed by atoms with van der Waals surface area (Å²) in [5.74, 6) is 1.03. The van der Waals surface area contributed by atoms with Crippen LogP contribution in [-0.2, 0) is 12.7 Å². The highest BCUT2D eigenvalue weighted by Gasteiger charge is 2.35. The van der Waals surface area contributed by atoms with Crippen molar-refractivity contribution < 1.29 is 18.3 Å². The molecule has 5 rings (SSSR count). The Balaban J connectivity index is 1.56. The molecule has 1 aromatic carbocycles. The summed E-state index contributed by atoms with van der Waals surface area (Å²) >= 11 is 0. The molecule has 2 N–H and O–H groups in total. The predicted molar refractivity (Wildman–Crippen MR) is 131 cm³/mol. The molecule has 0 aliphatic heterocycles. The van der Waals surface area contributed by atoms with E-state index in [1.807, 2.05) is 37.3 Å². The number of aliphatic hydroxyl groups excluding tert-OH is 1. The van der Waals surface area contributed by atoms with Gasteiger partial charge in [0.1, 0.15) is 12.1 Å². The number of aromatic nitrogens is 7. The zero-order valence-electron chi connectivity index (χ0n) is 20.2.